The first kappa shape index (κ1) is 20.4. The van der Waals surface area contributed by atoms with Gasteiger partial charge in [-0.3, -0.25) is 10.0 Å². The highest BCUT2D eigenvalue weighted by Gasteiger charge is 2.17. The normalized spacial score (nSPS) is 11.0. The molecule has 0 spiro atoms. The molecular weight excluding hydrogens is 375 g/mol. The summed E-state index contributed by atoms with van der Waals surface area (Å²) in [4.78, 5) is 20.0. The molecule has 146 valence electrons. The molecule has 9 nitrogen and oxygen atoms in total. The van der Waals surface area contributed by atoms with Gasteiger partial charge in [-0.05, 0) is 31.0 Å². The number of nitrogens with one attached hydrogen (secondary N) is 4. The Morgan fingerprint density at radius 3 is 2.56 bits per heavy atom. The molecule has 11 heteroatoms. The monoisotopic (exact) mass is 396 g/mol. The van der Waals surface area contributed by atoms with Crippen LogP contribution in [0.15, 0.2) is 24.5 Å². The first-order valence-electron chi connectivity index (χ1n) is 8.13. The van der Waals surface area contributed by atoms with Crippen molar-refractivity contribution in [3.63, 3.8) is 0 Å². The van der Waals surface area contributed by atoms with Crippen LogP contribution >= 0.6 is 0 Å². The number of hydrogen-bond donors (Lipinski definition) is 4. The Kier molecular flexibility index (Phi) is 6.50. The molecule has 1 aromatic carbocycles. The molecule has 0 atom stereocenters. The number of hydrogen-bond acceptors (Lipinski definition) is 6. The first-order valence-corrected chi connectivity index (χ1v) is 9.78. The van der Waals surface area contributed by atoms with E-state index in [1.807, 2.05) is 0 Å². The van der Waals surface area contributed by atoms with E-state index in [1.165, 1.54) is 25.4 Å². The second kappa shape index (κ2) is 8.62. The first-order chi connectivity index (χ1) is 12.8. The topological polar surface area (TPSA) is 125 Å². The van der Waals surface area contributed by atoms with E-state index in [0.29, 0.717) is 12.2 Å². The quantitative estimate of drug-likeness (QED) is 0.570. The second-order valence-electron chi connectivity index (χ2n) is 5.63. The lowest BCUT2D eigenvalue weighted by molar-refractivity contribution is 0.262. The standard InChI is InChI=1S/C16H21FN6O3S/c1-4-7-27(25,26)23-12-6-5-11(17)15(10(12)2)22-16(24)21-14-8-13(18-3)19-9-20-14/h5-6,8-9,23H,4,7H2,1-3H3,(H3,18,19,20,21,22,24). The van der Waals surface area contributed by atoms with Crippen molar-refractivity contribution in [2.45, 2.75) is 20.3 Å². The summed E-state index contributed by atoms with van der Waals surface area (Å²) in [5.41, 5.74) is 0.315. The van der Waals surface area contributed by atoms with Crippen molar-refractivity contribution >= 4 is 39.1 Å². The maximum Gasteiger partial charge on any atom is 0.324 e. The molecule has 1 aromatic heterocycles. The fourth-order valence-corrected chi connectivity index (χ4v) is 3.45. The maximum atomic E-state index is 14.2. The van der Waals surface area contributed by atoms with Gasteiger partial charge in [0.1, 0.15) is 23.8 Å². The number of halogens is 1. The zero-order valence-electron chi connectivity index (χ0n) is 15.1. The molecular formula is C16H21FN6O3S. The highest BCUT2D eigenvalue weighted by Crippen LogP contribution is 2.27. The SMILES string of the molecule is CCCS(=O)(=O)Nc1ccc(F)c(NC(=O)Nc2cc(NC)ncn2)c1C. The van der Waals surface area contributed by atoms with Crippen LogP contribution in [-0.4, -0.2) is 37.2 Å². The summed E-state index contributed by atoms with van der Waals surface area (Å²) in [6, 6.07) is 3.16. The molecule has 2 amide bonds. The number of benzene rings is 1. The Balaban J connectivity index is 2.20. The van der Waals surface area contributed by atoms with E-state index in [2.05, 4.69) is 30.6 Å². The van der Waals surface area contributed by atoms with Gasteiger partial charge in [0.05, 0.1) is 17.1 Å². The molecule has 0 saturated carbocycles. The minimum atomic E-state index is -3.55. The Labute approximate surface area is 156 Å². The summed E-state index contributed by atoms with van der Waals surface area (Å²) in [5.74, 6) is -0.0476. The number of amides is 2. The number of carbonyl (C=O) groups is 1. The third kappa shape index (κ3) is 5.51. The average Bonchev–Trinajstić information content (AvgIpc) is 2.61. The lowest BCUT2D eigenvalue weighted by Crippen LogP contribution is -2.22. The van der Waals surface area contributed by atoms with E-state index < -0.39 is 21.9 Å². The summed E-state index contributed by atoms with van der Waals surface area (Å²) >= 11 is 0. The molecule has 0 fully saturated rings. The highest BCUT2D eigenvalue weighted by molar-refractivity contribution is 7.92. The third-order valence-electron chi connectivity index (χ3n) is 3.56. The maximum absolute atomic E-state index is 14.2. The lowest BCUT2D eigenvalue weighted by atomic mass is 10.1. The fraction of sp³-hybridized carbons (Fsp3) is 0.312. The van der Waals surface area contributed by atoms with E-state index in [1.54, 1.807) is 14.0 Å². The van der Waals surface area contributed by atoms with Crippen LogP contribution in [0.25, 0.3) is 0 Å². The Bertz CT molecular complexity index is 936. The number of aromatic nitrogens is 2. The van der Waals surface area contributed by atoms with Crippen LogP contribution in [0.4, 0.5) is 32.2 Å². The lowest BCUT2D eigenvalue weighted by Gasteiger charge is -2.15. The molecule has 0 aliphatic carbocycles. The summed E-state index contributed by atoms with van der Waals surface area (Å²) in [6.45, 7) is 3.24. The molecule has 0 saturated heterocycles. The molecule has 2 rings (SSSR count). The van der Waals surface area contributed by atoms with Gasteiger partial charge in [-0.25, -0.2) is 27.6 Å². The van der Waals surface area contributed by atoms with Gasteiger partial charge in [-0.1, -0.05) is 6.92 Å². The predicted molar refractivity (Wildman–Crippen MR) is 103 cm³/mol. The van der Waals surface area contributed by atoms with E-state index in [0.717, 1.165) is 6.07 Å². The minimum Gasteiger partial charge on any atom is -0.373 e. The zero-order valence-corrected chi connectivity index (χ0v) is 15.9. The molecule has 0 unspecified atom stereocenters. The Morgan fingerprint density at radius 2 is 1.89 bits per heavy atom. The largest absolute Gasteiger partial charge is 0.373 e. The number of rotatable bonds is 7. The summed E-state index contributed by atoms with van der Waals surface area (Å²) < 4.78 is 40.5. The van der Waals surface area contributed by atoms with E-state index >= 15 is 0 Å². The van der Waals surface area contributed by atoms with Gasteiger partial charge in [0, 0.05) is 13.1 Å². The van der Waals surface area contributed by atoms with Gasteiger partial charge < -0.3 is 10.6 Å². The summed E-state index contributed by atoms with van der Waals surface area (Å²) in [7, 11) is -1.88. The molecule has 0 aliphatic rings. The number of carbonyl (C=O) groups excluding carboxylic acids is 1. The Morgan fingerprint density at radius 1 is 1.19 bits per heavy atom. The van der Waals surface area contributed by atoms with Crippen LogP contribution in [0.1, 0.15) is 18.9 Å². The Hall–Kier alpha value is -2.95. The van der Waals surface area contributed by atoms with Crippen molar-refractivity contribution in [2.24, 2.45) is 0 Å². The second-order valence-corrected chi connectivity index (χ2v) is 7.48. The number of anilines is 4. The smallest absolute Gasteiger partial charge is 0.324 e. The zero-order chi connectivity index (χ0) is 20.0. The fourth-order valence-electron chi connectivity index (χ4n) is 2.25. The van der Waals surface area contributed by atoms with Gasteiger partial charge in [0.15, 0.2) is 0 Å². The predicted octanol–water partition coefficient (Wildman–Crippen LogP) is 2.76. The van der Waals surface area contributed by atoms with Crippen LogP contribution in [0, 0.1) is 12.7 Å². The number of sulfonamides is 1. The van der Waals surface area contributed by atoms with Crippen LogP contribution in [0.3, 0.4) is 0 Å². The summed E-state index contributed by atoms with van der Waals surface area (Å²) in [5, 5.41) is 7.64. The molecule has 0 bridgehead atoms. The van der Waals surface area contributed by atoms with Crippen molar-refractivity contribution in [1.29, 1.82) is 0 Å². The van der Waals surface area contributed by atoms with Gasteiger partial charge in [-0.2, -0.15) is 0 Å². The molecule has 4 N–H and O–H groups in total. The minimum absolute atomic E-state index is 0.0609. The van der Waals surface area contributed by atoms with Crippen molar-refractivity contribution in [3.8, 4) is 0 Å². The third-order valence-corrected chi connectivity index (χ3v) is 5.03. The van der Waals surface area contributed by atoms with Crippen molar-refractivity contribution in [3.05, 3.63) is 35.9 Å². The van der Waals surface area contributed by atoms with Crippen molar-refractivity contribution in [1.82, 2.24) is 9.97 Å². The van der Waals surface area contributed by atoms with Gasteiger partial charge in [-0.15, -0.1) is 0 Å². The van der Waals surface area contributed by atoms with E-state index in [-0.39, 0.29) is 28.5 Å². The molecule has 0 radical (unpaired) electrons. The van der Waals surface area contributed by atoms with Crippen LogP contribution in [-0.2, 0) is 10.0 Å². The van der Waals surface area contributed by atoms with Gasteiger partial charge in [0.2, 0.25) is 10.0 Å². The van der Waals surface area contributed by atoms with E-state index in [9.17, 15) is 17.6 Å². The number of nitrogens with zero attached hydrogens (tertiary/aromatic N) is 2. The van der Waals surface area contributed by atoms with Crippen LogP contribution in [0.5, 0.6) is 0 Å². The van der Waals surface area contributed by atoms with Crippen LogP contribution in [0.2, 0.25) is 0 Å². The molecule has 27 heavy (non-hydrogen) atoms. The van der Waals surface area contributed by atoms with Crippen molar-refractivity contribution in [2.75, 3.05) is 33.5 Å². The summed E-state index contributed by atoms with van der Waals surface area (Å²) in [6.07, 6.45) is 1.70. The van der Waals surface area contributed by atoms with Gasteiger partial charge in [0.25, 0.3) is 0 Å². The molecule has 1 heterocycles. The van der Waals surface area contributed by atoms with Crippen molar-refractivity contribution < 1.29 is 17.6 Å². The molecule has 2 aromatic rings. The highest BCUT2D eigenvalue weighted by atomic mass is 32.2. The molecule has 0 aliphatic heterocycles. The number of urea groups is 1. The van der Waals surface area contributed by atoms with E-state index in [4.69, 9.17) is 0 Å². The van der Waals surface area contributed by atoms with Crippen LogP contribution < -0.4 is 20.7 Å². The van der Waals surface area contributed by atoms with Gasteiger partial charge >= 0.3 is 6.03 Å². The average molecular weight is 396 g/mol.